The molecule has 0 radical (unpaired) electrons. The Labute approximate surface area is 133 Å². The number of ether oxygens (including phenoxy) is 1. The molecule has 7 heteroatoms. The van der Waals surface area contributed by atoms with E-state index in [0.29, 0.717) is 28.9 Å². The Morgan fingerprint density at radius 3 is 2.76 bits per heavy atom. The first-order valence-electron chi connectivity index (χ1n) is 6.52. The third kappa shape index (κ3) is 3.60. The minimum absolute atomic E-state index is 0.0703. The molecule has 2 rings (SSSR count). The second kappa shape index (κ2) is 6.54. The van der Waals surface area contributed by atoms with Crippen molar-refractivity contribution in [2.75, 3.05) is 26.7 Å². The lowest BCUT2D eigenvalue weighted by molar-refractivity contribution is -0.150. The molecule has 0 spiro atoms. The number of carbonyl (C=O) groups excluding carboxylic acids is 2. The topological polar surface area (TPSA) is 49.9 Å². The summed E-state index contributed by atoms with van der Waals surface area (Å²) in [6, 6.07) is 4.32. The molecule has 1 saturated heterocycles. The molecule has 1 aromatic rings. The zero-order valence-corrected chi connectivity index (χ0v) is 13.3. The summed E-state index contributed by atoms with van der Waals surface area (Å²) in [6.07, 6.45) is 0. The fourth-order valence-corrected chi connectivity index (χ4v) is 2.63. The number of rotatable bonds is 3. The van der Waals surface area contributed by atoms with E-state index in [1.54, 1.807) is 37.1 Å². The predicted octanol–water partition coefficient (Wildman–Crippen LogP) is 2.06. The van der Waals surface area contributed by atoms with E-state index in [9.17, 15) is 9.59 Å². The molecule has 5 nitrogen and oxygen atoms in total. The van der Waals surface area contributed by atoms with Gasteiger partial charge in [0.1, 0.15) is 11.8 Å². The van der Waals surface area contributed by atoms with Gasteiger partial charge in [0.05, 0.1) is 5.02 Å². The summed E-state index contributed by atoms with van der Waals surface area (Å²) in [7, 11) is 1.73. The van der Waals surface area contributed by atoms with E-state index in [0.717, 1.165) is 0 Å². The Balaban J connectivity index is 1.97. The van der Waals surface area contributed by atoms with Crippen LogP contribution in [-0.2, 0) is 9.59 Å². The molecule has 1 aliphatic heterocycles. The molecule has 2 amide bonds. The van der Waals surface area contributed by atoms with Crippen molar-refractivity contribution in [2.45, 2.75) is 13.0 Å². The third-order valence-corrected chi connectivity index (χ3v) is 3.97. The maximum Gasteiger partial charge on any atom is 0.261 e. The number of nitrogens with zero attached hydrogens (tertiary/aromatic N) is 2. The van der Waals surface area contributed by atoms with Crippen molar-refractivity contribution >= 4 is 35.0 Å². The Kier molecular flexibility index (Phi) is 4.96. The second-order valence-electron chi connectivity index (χ2n) is 4.89. The van der Waals surface area contributed by atoms with Crippen LogP contribution in [0, 0.1) is 0 Å². The lowest BCUT2D eigenvalue weighted by atomic mass is 10.2. The number of benzene rings is 1. The molecule has 114 valence electrons. The minimum Gasteiger partial charge on any atom is -0.482 e. The molecule has 1 aliphatic rings. The normalized spacial score (nSPS) is 18.9. The summed E-state index contributed by atoms with van der Waals surface area (Å²) < 4.78 is 5.41. The average molecular weight is 331 g/mol. The van der Waals surface area contributed by atoms with Gasteiger partial charge in [0.25, 0.3) is 5.91 Å². The predicted molar refractivity (Wildman–Crippen MR) is 80.8 cm³/mol. The van der Waals surface area contributed by atoms with Crippen LogP contribution in [0.1, 0.15) is 6.92 Å². The number of hydrogen-bond donors (Lipinski definition) is 0. The number of amides is 2. The summed E-state index contributed by atoms with van der Waals surface area (Å²) >= 11 is 11.8. The summed E-state index contributed by atoms with van der Waals surface area (Å²) in [5.74, 6) is 0.0802. The second-order valence-corrected chi connectivity index (χ2v) is 5.73. The zero-order valence-electron chi connectivity index (χ0n) is 11.8. The van der Waals surface area contributed by atoms with Crippen molar-refractivity contribution in [2.24, 2.45) is 0 Å². The van der Waals surface area contributed by atoms with Crippen molar-refractivity contribution in [1.29, 1.82) is 0 Å². The first kappa shape index (κ1) is 15.9. The van der Waals surface area contributed by atoms with Gasteiger partial charge < -0.3 is 14.5 Å². The third-order valence-electron chi connectivity index (χ3n) is 3.44. The van der Waals surface area contributed by atoms with Gasteiger partial charge in [0.15, 0.2) is 6.61 Å². The molecule has 1 aromatic carbocycles. The van der Waals surface area contributed by atoms with Gasteiger partial charge in [0, 0.05) is 25.2 Å². The van der Waals surface area contributed by atoms with Gasteiger partial charge in [-0.3, -0.25) is 9.59 Å². The smallest absolute Gasteiger partial charge is 0.261 e. The van der Waals surface area contributed by atoms with Crippen LogP contribution in [0.25, 0.3) is 0 Å². The van der Waals surface area contributed by atoms with Gasteiger partial charge in [-0.25, -0.2) is 0 Å². The lowest BCUT2D eigenvalue weighted by Gasteiger charge is -2.37. The molecule has 1 unspecified atom stereocenters. The van der Waals surface area contributed by atoms with E-state index in [1.165, 1.54) is 4.90 Å². The summed E-state index contributed by atoms with van der Waals surface area (Å²) in [5, 5.41) is 0.842. The van der Waals surface area contributed by atoms with Crippen molar-refractivity contribution in [3.05, 3.63) is 28.2 Å². The van der Waals surface area contributed by atoms with Gasteiger partial charge in [-0.05, 0) is 25.1 Å². The molecule has 0 N–H and O–H groups in total. The molecule has 1 atom stereocenters. The molecule has 0 saturated carbocycles. The van der Waals surface area contributed by atoms with Gasteiger partial charge in [-0.15, -0.1) is 0 Å². The standard InChI is InChI=1S/C14H16Cl2N2O3/c1-9-14(20)17(2)5-6-18(9)13(19)8-21-12-4-3-10(15)7-11(12)16/h3-4,7,9H,5-6,8H2,1-2H3. The zero-order chi connectivity index (χ0) is 15.6. The van der Waals surface area contributed by atoms with Gasteiger partial charge in [0.2, 0.25) is 5.91 Å². The molecule has 1 heterocycles. The highest BCUT2D eigenvalue weighted by Crippen LogP contribution is 2.27. The van der Waals surface area contributed by atoms with E-state index in [-0.39, 0.29) is 18.4 Å². The van der Waals surface area contributed by atoms with E-state index in [2.05, 4.69) is 0 Å². The van der Waals surface area contributed by atoms with Gasteiger partial charge >= 0.3 is 0 Å². The molecular formula is C14H16Cl2N2O3. The van der Waals surface area contributed by atoms with Crippen LogP contribution >= 0.6 is 23.2 Å². The van der Waals surface area contributed by atoms with Gasteiger partial charge in [-0.1, -0.05) is 23.2 Å². The number of carbonyl (C=O) groups is 2. The Morgan fingerprint density at radius 1 is 1.38 bits per heavy atom. The van der Waals surface area contributed by atoms with Crippen LogP contribution in [0.15, 0.2) is 18.2 Å². The van der Waals surface area contributed by atoms with Crippen molar-refractivity contribution in [3.8, 4) is 5.75 Å². The highest BCUT2D eigenvalue weighted by Gasteiger charge is 2.32. The average Bonchev–Trinajstić information content (AvgIpc) is 2.43. The van der Waals surface area contributed by atoms with Crippen LogP contribution in [0.3, 0.4) is 0 Å². The van der Waals surface area contributed by atoms with Crippen LogP contribution in [0.2, 0.25) is 10.0 Å². The van der Waals surface area contributed by atoms with E-state index < -0.39 is 6.04 Å². The highest BCUT2D eigenvalue weighted by atomic mass is 35.5. The summed E-state index contributed by atoms with van der Waals surface area (Å²) in [5.41, 5.74) is 0. The minimum atomic E-state index is -0.472. The first-order chi connectivity index (χ1) is 9.90. The number of likely N-dealkylation sites (N-methyl/N-ethyl adjacent to an activating group) is 1. The number of piperazine rings is 1. The highest BCUT2D eigenvalue weighted by molar-refractivity contribution is 6.35. The lowest BCUT2D eigenvalue weighted by Crippen LogP contribution is -2.57. The SMILES string of the molecule is CC1C(=O)N(C)CCN1C(=O)COc1ccc(Cl)cc1Cl. The van der Waals surface area contributed by atoms with E-state index in [1.807, 2.05) is 0 Å². The van der Waals surface area contributed by atoms with Crippen molar-refractivity contribution < 1.29 is 14.3 Å². The van der Waals surface area contributed by atoms with E-state index in [4.69, 9.17) is 27.9 Å². The number of hydrogen-bond acceptors (Lipinski definition) is 3. The Bertz CT molecular complexity index is 565. The van der Waals surface area contributed by atoms with Crippen LogP contribution in [-0.4, -0.2) is 54.4 Å². The molecule has 1 fully saturated rings. The molecule has 0 bridgehead atoms. The molecule has 0 aromatic heterocycles. The van der Waals surface area contributed by atoms with E-state index >= 15 is 0 Å². The van der Waals surface area contributed by atoms with Gasteiger partial charge in [-0.2, -0.15) is 0 Å². The largest absolute Gasteiger partial charge is 0.482 e. The Hall–Kier alpha value is -1.46. The maximum atomic E-state index is 12.2. The van der Waals surface area contributed by atoms with Crippen LogP contribution in [0.4, 0.5) is 0 Å². The Morgan fingerprint density at radius 2 is 2.10 bits per heavy atom. The quantitative estimate of drug-likeness (QED) is 0.852. The van der Waals surface area contributed by atoms with Crippen LogP contribution < -0.4 is 4.74 Å². The number of halogens is 2. The van der Waals surface area contributed by atoms with Crippen molar-refractivity contribution in [3.63, 3.8) is 0 Å². The fourth-order valence-electron chi connectivity index (χ4n) is 2.17. The maximum absolute atomic E-state index is 12.2. The van der Waals surface area contributed by atoms with Crippen molar-refractivity contribution in [1.82, 2.24) is 9.80 Å². The summed E-state index contributed by atoms with van der Waals surface area (Å²) in [6.45, 7) is 2.57. The molecular weight excluding hydrogens is 315 g/mol. The first-order valence-corrected chi connectivity index (χ1v) is 7.28. The fraction of sp³-hybridized carbons (Fsp3) is 0.429. The molecule has 0 aliphatic carbocycles. The molecule has 21 heavy (non-hydrogen) atoms. The van der Waals surface area contributed by atoms with Crippen LogP contribution in [0.5, 0.6) is 5.75 Å². The monoisotopic (exact) mass is 330 g/mol. The summed E-state index contributed by atoms with van der Waals surface area (Å²) in [4.78, 5) is 27.2.